The normalized spacial score (nSPS) is 17.7. The number of ether oxygens (including phenoxy) is 2. The Morgan fingerprint density at radius 3 is 3.00 bits per heavy atom. The fourth-order valence-electron chi connectivity index (χ4n) is 3.54. The zero-order valence-corrected chi connectivity index (χ0v) is 13.2. The van der Waals surface area contributed by atoms with Crippen LogP contribution in [0.1, 0.15) is 23.6 Å². The van der Waals surface area contributed by atoms with Crippen LogP contribution in [0.4, 0.5) is 5.69 Å². The lowest BCUT2D eigenvalue weighted by molar-refractivity contribution is 0.201. The van der Waals surface area contributed by atoms with Gasteiger partial charge in [0.25, 0.3) is 0 Å². The molecular weight excluding hydrogens is 264 g/mol. The molecule has 116 valence electrons. The van der Waals surface area contributed by atoms with Crippen LogP contribution in [0.15, 0.2) is 6.07 Å². The highest BCUT2D eigenvalue weighted by Crippen LogP contribution is 2.40. The molecule has 3 rings (SSSR count). The van der Waals surface area contributed by atoms with E-state index in [1.165, 1.54) is 16.8 Å². The van der Waals surface area contributed by atoms with Gasteiger partial charge >= 0.3 is 0 Å². The van der Waals surface area contributed by atoms with Crippen molar-refractivity contribution in [1.82, 2.24) is 5.32 Å². The van der Waals surface area contributed by atoms with E-state index in [0.29, 0.717) is 0 Å². The number of methoxy groups -OCH3 is 1. The van der Waals surface area contributed by atoms with E-state index in [1.807, 2.05) is 0 Å². The maximum atomic E-state index is 5.98. The highest BCUT2D eigenvalue weighted by Gasteiger charge is 2.25. The lowest BCUT2D eigenvalue weighted by atomic mass is 9.92. The second-order valence-corrected chi connectivity index (χ2v) is 5.77. The molecule has 0 fully saturated rings. The summed E-state index contributed by atoms with van der Waals surface area (Å²) in [7, 11) is 1.77. The van der Waals surface area contributed by atoms with Crippen molar-refractivity contribution in [1.29, 1.82) is 0 Å². The first-order valence-corrected chi connectivity index (χ1v) is 8.10. The zero-order chi connectivity index (χ0) is 14.7. The maximum absolute atomic E-state index is 5.98. The summed E-state index contributed by atoms with van der Waals surface area (Å²) >= 11 is 0. The summed E-state index contributed by atoms with van der Waals surface area (Å²) in [5.74, 6) is 1.08. The number of nitrogens with zero attached hydrogens (tertiary/aromatic N) is 1. The summed E-state index contributed by atoms with van der Waals surface area (Å²) in [5.41, 5.74) is 5.84. The molecule has 1 aromatic carbocycles. The van der Waals surface area contributed by atoms with Crippen LogP contribution >= 0.6 is 0 Å². The molecule has 0 saturated carbocycles. The second kappa shape index (κ2) is 6.67. The standard InChI is InChI=1S/C17H26N2O2/c1-3-14-15-5-7-18-6-4-13(15)12-16-17(14)19(8-10-20-2)9-11-21-16/h12,18H,3-11H2,1-2H3. The molecule has 2 aliphatic heterocycles. The van der Waals surface area contributed by atoms with Crippen LogP contribution in [0.3, 0.4) is 0 Å². The molecule has 0 saturated heterocycles. The van der Waals surface area contributed by atoms with Crippen molar-refractivity contribution >= 4 is 5.69 Å². The van der Waals surface area contributed by atoms with Gasteiger partial charge in [0.05, 0.1) is 18.8 Å². The van der Waals surface area contributed by atoms with Crippen LogP contribution in [0, 0.1) is 0 Å². The Bertz CT molecular complexity index is 502. The van der Waals surface area contributed by atoms with Crippen molar-refractivity contribution in [2.75, 3.05) is 51.4 Å². The highest BCUT2D eigenvalue weighted by molar-refractivity contribution is 5.69. The van der Waals surface area contributed by atoms with Gasteiger partial charge in [-0.1, -0.05) is 6.92 Å². The average Bonchev–Trinajstić information content (AvgIpc) is 2.75. The van der Waals surface area contributed by atoms with Crippen LogP contribution in [0.25, 0.3) is 0 Å². The SMILES string of the molecule is CCc1c2c(cc3c1N(CCOC)CCO3)CCNCC2. The van der Waals surface area contributed by atoms with E-state index in [2.05, 4.69) is 23.2 Å². The van der Waals surface area contributed by atoms with Crippen LogP contribution in [-0.2, 0) is 24.0 Å². The molecule has 2 heterocycles. The molecule has 0 spiro atoms. The molecule has 0 unspecified atom stereocenters. The van der Waals surface area contributed by atoms with E-state index in [0.717, 1.165) is 64.4 Å². The minimum absolute atomic E-state index is 0.765. The summed E-state index contributed by atoms with van der Waals surface area (Å²) in [6.45, 7) is 7.85. The fourth-order valence-corrected chi connectivity index (χ4v) is 3.54. The third-order valence-electron chi connectivity index (χ3n) is 4.55. The van der Waals surface area contributed by atoms with Gasteiger partial charge in [-0.3, -0.25) is 0 Å². The van der Waals surface area contributed by atoms with Crippen molar-refractivity contribution in [3.63, 3.8) is 0 Å². The Kier molecular flexibility index (Phi) is 4.66. The second-order valence-electron chi connectivity index (χ2n) is 5.77. The molecule has 1 N–H and O–H groups in total. The molecule has 0 aliphatic carbocycles. The van der Waals surface area contributed by atoms with Gasteiger partial charge in [0.2, 0.25) is 0 Å². The van der Waals surface area contributed by atoms with Crippen LogP contribution in [0.5, 0.6) is 5.75 Å². The van der Waals surface area contributed by atoms with E-state index in [9.17, 15) is 0 Å². The van der Waals surface area contributed by atoms with Gasteiger partial charge in [-0.05, 0) is 55.1 Å². The van der Waals surface area contributed by atoms with Crippen molar-refractivity contribution in [2.24, 2.45) is 0 Å². The Hall–Kier alpha value is -1.26. The topological polar surface area (TPSA) is 33.7 Å². The third kappa shape index (κ3) is 2.87. The van der Waals surface area contributed by atoms with E-state index < -0.39 is 0 Å². The van der Waals surface area contributed by atoms with E-state index >= 15 is 0 Å². The van der Waals surface area contributed by atoms with Crippen molar-refractivity contribution in [3.8, 4) is 5.75 Å². The van der Waals surface area contributed by atoms with Gasteiger partial charge in [-0.2, -0.15) is 0 Å². The maximum Gasteiger partial charge on any atom is 0.143 e. The molecule has 2 aliphatic rings. The number of hydrogen-bond acceptors (Lipinski definition) is 4. The molecule has 4 nitrogen and oxygen atoms in total. The first-order chi connectivity index (χ1) is 10.3. The summed E-state index contributed by atoms with van der Waals surface area (Å²) in [5, 5.41) is 3.51. The predicted octanol–water partition coefficient (Wildman–Crippen LogP) is 1.78. The summed E-state index contributed by atoms with van der Waals surface area (Å²) in [6, 6.07) is 2.29. The lowest BCUT2D eigenvalue weighted by Gasteiger charge is -2.34. The molecule has 0 bridgehead atoms. The number of nitrogens with one attached hydrogen (secondary N) is 1. The molecule has 21 heavy (non-hydrogen) atoms. The number of benzene rings is 1. The van der Waals surface area contributed by atoms with Gasteiger partial charge in [-0.25, -0.2) is 0 Å². The monoisotopic (exact) mass is 290 g/mol. The first-order valence-electron chi connectivity index (χ1n) is 8.10. The fraction of sp³-hybridized carbons (Fsp3) is 0.647. The van der Waals surface area contributed by atoms with Gasteiger partial charge in [0, 0.05) is 13.7 Å². The Morgan fingerprint density at radius 1 is 1.33 bits per heavy atom. The van der Waals surface area contributed by atoms with Gasteiger partial charge in [-0.15, -0.1) is 0 Å². The van der Waals surface area contributed by atoms with Crippen molar-refractivity contribution in [3.05, 3.63) is 22.8 Å². The van der Waals surface area contributed by atoms with Crippen LogP contribution < -0.4 is 15.0 Å². The van der Waals surface area contributed by atoms with E-state index in [-0.39, 0.29) is 0 Å². The van der Waals surface area contributed by atoms with Crippen LogP contribution in [-0.4, -0.2) is 46.5 Å². The molecule has 0 radical (unpaired) electrons. The van der Waals surface area contributed by atoms with E-state index in [1.54, 1.807) is 12.7 Å². The lowest BCUT2D eigenvalue weighted by Crippen LogP contribution is -2.36. The molecular formula is C17H26N2O2. The van der Waals surface area contributed by atoms with Crippen LogP contribution in [0.2, 0.25) is 0 Å². The summed E-state index contributed by atoms with van der Waals surface area (Å²) in [6.07, 6.45) is 3.30. The molecule has 1 aromatic rings. The van der Waals surface area contributed by atoms with E-state index in [4.69, 9.17) is 9.47 Å². The summed E-state index contributed by atoms with van der Waals surface area (Å²) < 4.78 is 11.3. The third-order valence-corrected chi connectivity index (χ3v) is 4.55. The predicted molar refractivity (Wildman–Crippen MR) is 85.7 cm³/mol. The Morgan fingerprint density at radius 2 is 2.19 bits per heavy atom. The smallest absolute Gasteiger partial charge is 0.143 e. The van der Waals surface area contributed by atoms with Crippen molar-refractivity contribution < 1.29 is 9.47 Å². The largest absolute Gasteiger partial charge is 0.490 e. The number of anilines is 1. The molecule has 0 amide bonds. The van der Waals surface area contributed by atoms with Gasteiger partial charge in [0.1, 0.15) is 12.4 Å². The Labute approximate surface area is 127 Å². The first kappa shape index (κ1) is 14.7. The molecule has 4 heteroatoms. The Balaban J connectivity index is 2.04. The van der Waals surface area contributed by atoms with Gasteiger partial charge < -0.3 is 19.7 Å². The number of rotatable bonds is 4. The minimum Gasteiger partial charge on any atom is -0.490 e. The van der Waals surface area contributed by atoms with Crippen molar-refractivity contribution in [2.45, 2.75) is 26.2 Å². The highest BCUT2D eigenvalue weighted by atomic mass is 16.5. The average molecular weight is 290 g/mol. The summed E-state index contributed by atoms with van der Waals surface area (Å²) in [4.78, 5) is 2.44. The number of hydrogen-bond donors (Lipinski definition) is 1. The minimum atomic E-state index is 0.765. The van der Waals surface area contributed by atoms with Gasteiger partial charge in [0.15, 0.2) is 0 Å². The molecule has 0 atom stereocenters. The number of fused-ring (bicyclic) bond motifs is 2. The molecule has 0 aromatic heterocycles. The zero-order valence-electron chi connectivity index (χ0n) is 13.2. The quantitative estimate of drug-likeness (QED) is 0.916.